The average molecular weight is 352 g/mol. The molecular weight excluding hydrogens is 332 g/mol. The van der Waals surface area contributed by atoms with E-state index in [-0.39, 0.29) is 0 Å². The molecule has 0 fully saturated rings. The van der Waals surface area contributed by atoms with Crippen molar-refractivity contribution in [2.24, 2.45) is 0 Å². The second kappa shape index (κ2) is 7.08. The van der Waals surface area contributed by atoms with Crippen LogP contribution in [0.2, 0.25) is 0 Å². The van der Waals surface area contributed by atoms with Gasteiger partial charge in [-0.1, -0.05) is 65.7 Å². The van der Waals surface area contributed by atoms with Crippen LogP contribution >= 0.6 is 0 Å². The normalized spacial score (nSPS) is 10.8. The van der Waals surface area contributed by atoms with Crippen molar-refractivity contribution in [3.05, 3.63) is 83.6 Å². The van der Waals surface area contributed by atoms with Gasteiger partial charge in [0.1, 0.15) is 5.69 Å². The minimum Gasteiger partial charge on any atom is -0.253 e. The van der Waals surface area contributed by atoms with E-state index < -0.39 is 0 Å². The molecule has 0 aliphatic heterocycles. The Bertz CT molecular complexity index is 913. The fraction of sp³-hybridized carbons (Fsp3) is 0.130. The van der Waals surface area contributed by atoms with Gasteiger partial charge in [0.15, 0.2) is 17.5 Å². The van der Waals surface area contributed by atoms with Crippen LogP contribution in [0, 0.1) is 20.8 Å². The molecule has 0 radical (unpaired) electrons. The maximum absolute atomic E-state index is 4.73. The molecule has 4 heteroatoms. The van der Waals surface area contributed by atoms with Crippen LogP contribution in [0.3, 0.4) is 0 Å². The summed E-state index contributed by atoms with van der Waals surface area (Å²) in [6.45, 7) is 6.15. The lowest BCUT2D eigenvalue weighted by Crippen LogP contribution is -2.01. The molecule has 4 rings (SSSR count). The van der Waals surface area contributed by atoms with Crippen molar-refractivity contribution >= 4 is 0 Å². The molecule has 0 aliphatic rings. The predicted octanol–water partition coefficient (Wildman–Crippen LogP) is 5.19. The minimum absolute atomic E-state index is 0.580. The van der Waals surface area contributed by atoms with Crippen LogP contribution in [-0.4, -0.2) is 19.9 Å². The molecule has 0 amide bonds. The number of rotatable bonds is 3. The maximum atomic E-state index is 4.73. The van der Waals surface area contributed by atoms with Gasteiger partial charge >= 0.3 is 0 Å². The smallest absolute Gasteiger partial charge is 0.182 e. The van der Waals surface area contributed by atoms with Gasteiger partial charge in [0.25, 0.3) is 0 Å². The lowest BCUT2D eigenvalue weighted by Gasteiger charge is -2.08. The number of pyridine rings is 1. The van der Waals surface area contributed by atoms with Gasteiger partial charge in [0.05, 0.1) is 0 Å². The lowest BCUT2D eigenvalue weighted by atomic mass is 10.1. The summed E-state index contributed by atoms with van der Waals surface area (Å²) in [6, 6.07) is 20.4. The van der Waals surface area contributed by atoms with E-state index in [9.17, 15) is 0 Å². The minimum atomic E-state index is 0.580. The third-order valence-corrected chi connectivity index (χ3v) is 4.40. The molecule has 0 unspecified atom stereocenters. The Morgan fingerprint density at radius 3 is 1.37 bits per heavy atom. The summed E-state index contributed by atoms with van der Waals surface area (Å²) in [5.74, 6) is 1.88. The molecule has 0 spiro atoms. The molecule has 0 saturated carbocycles. The summed E-state index contributed by atoms with van der Waals surface area (Å²) in [5.41, 5.74) is 6.17. The van der Waals surface area contributed by atoms with Crippen molar-refractivity contribution in [1.29, 1.82) is 0 Å². The highest BCUT2D eigenvalue weighted by Crippen LogP contribution is 2.24. The van der Waals surface area contributed by atoms with Crippen molar-refractivity contribution in [2.45, 2.75) is 20.8 Å². The van der Waals surface area contributed by atoms with Gasteiger partial charge in [-0.25, -0.2) is 15.0 Å². The summed E-state index contributed by atoms with van der Waals surface area (Å²) in [4.78, 5) is 18.6. The Morgan fingerprint density at radius 1 is 0.481 bits per heavy atom. The van der Waals surface area contributed by atoms with Crippen molar-refractivity contribution in [2.75, 3.05) is 0 Å². The highest BCUT2D eigenvalue weighted by Gasteiger charge is 2.12. The van der Waals surface area contributed by atoms with Crippen LogP contribution in [0.5, 0.6) is 0 Å². The molecule has 2 aromatic heterocycles. The Balaban J connectivity index is 1.89. The number of hydrogen-bond donors (Lipinski definition) is 0. The largest absolute Gasteiger partial charge is 0.253 e. The van der Waals surface area contributed by atoms with Gasteiger partial charge in [0.2, 0.25) is 0 Å². The zero-order valence-electron chi connectivity index (χ0n) is 15.6. The van der Waals surface area contributed by atoms with Gasteiger partial charge < -0.3 is 0 Å². The van der Waals surface area contributed by atoms with Crippen LogP contribution in [0.1, 0.15) is 16.7 Å². The summed E-state index contributed by atoms with van der Waals surface area (Å²) >= 11 is 0. The van der Waals surface area contributed by atoms with Crippen LogP contribution in [0.4, 0.5) is 0 Å². The predicted molar refractivity (Wildman–Crippen MR) is 108 cm³/mol. The first kappa shape index (κ1) is 17.0. The van der Waals surface area contributed by atoms with Gasteiger partial charge in [-0.15, -0.1) is 0 Å². The third-order valence-electron chi connectivity index (χ3n) is 4.40. The lowest BCUT2D eigenvalue weighted by molar-refractivity contribution is 1.06. The Labute approximate surface area is 159 Å². The van der Waals surface area contributed by atoms with Crippen molar-refractivity contribution in [1.82, 2.24) is 19.9 Å². The molecule has 0 N–H and O–H groups in total. The van der Waals surface area contributed by atoms with Crippen LogP contribution in [0.15, 0.2) is 66.9 Å². The fourth-order valence-electron chi connectivity index (χ4n) is 2.75. The van der Waals surface area contributed by atoms with Crippen LogP contribution in [-0.2, 0) is 0 Å². The highest BCUT2D eigenvalue weighted by molar-refractivity contribution is 5.65. The monoisotopic (exact) mass is 352 g/mol. The second-order valence-corrected chi connectivity index (χ2v) is 6.76. The van der Waals surface area contributed by atoms with Gasteiger partial charge in [-0.2, -0.15) is 0 Å². The zero-order valence-corrected chi connectivity index (χ0v) is 15.6. The molecule has 4 nitrogen and oxygen atoms in total. The molecule has 0 atom stereocenters. The van der Waals surface area contributed by atoms with E-state index in [1.807, 2.05) is 49.5 Å². The maximum Gasteiger partial charge on any atom is 0.182 e. The summed E-state index contributed by atoms with van der Waals surface area (Å²) < 4.78 is 0. The van der Waals surface area contributed by atoms with Crippen LogP contribution < -0.4 is 0 Å². The molecule has 0 bridgehead atoms. The highest BCUT2D eigenvalue weighted by atomic mass is 15.0. The molecule has 0 aliphatic carbocycles. The molecule has 4 aromatic rings. The van der Waals surface area contributed by atoms with E-state index in [4.69, 9.17) is 15.0 Å². The SMILES string of the molecule is Cc1ccc(-c2nc(-c3ccc(C)cc3)nc(-c3ccc(C)cn3)n2)cc1. The Kier molecular flexibility index (Phi) is 4.47. The number of hydrogen-bond acceptors (Lipinski definition) is 4. The summed E-state index contributed by atoms with van der Waals surface area (Å²) in [6.07, 6.45) is 1.83. The van der Waals surface area contributed by atoms with Crippen molar-refractivity contribution < 1.29 is 0 Å². The summed E-state index contributed by atoms with van der Waals surface area (Å²) in [5, 5.41) is 0. The topological polar surface area (TPSA) is 51.6 Å². The van der Waals surface area contributed by atoms with Gasteiger partial charge in [-0.3, -0.25) is 4.98 Å². The Morgan fingerprint density at radius 2 is 0.926 bits per heavy atom. The zero-order chi connectivity index (χ0) is 18.8. The van der Waals surface area contributed by atoms with Crippen molar-refractivity contribution in [3.63, 3.8) is 0 Å². The Hall–Kier alpha value is -3.40. The number of aryl methyl sites for hydroxylation is 3. The van der Waals surface area contributed by atoms with Gasteiger partial charge in [0, 0.05) is 17.3 Å². The van der Waals surface area contributed by atoms with E-state index in [0.29, 0.717) is 17.5 Å². The molecule has 2 heterocycles. The van der Waals surface area contributed by atoms with E-state index in [1.54, 1.807) is 0 Å². The number of aromatic nitrogens is 4. The average Bonchev–Trinajstić information content (AvgIpc) is 2.69. The van der Waals surface area contributed by atoms with Gasteiger partial charge in [-0.05, 0) is 32.4 Å². The van der Waals surface area contributed by atoms with Crippen LogP contribution in [0.25, 0.3) is 34.3 Å². The number of nitrogens with zero attached hydrogens (tertiary/aromatic N) is 4. The molecule has 0 saturated heterocycles. The fourth-order valence-corrected chi connectivity index (χ4v) is 2.75. The van der Waals surface area contributed by atoms with E-state index in [2.05, 4.69) is 43.1 Å². The third kappa shape index (κ3) is 3.75. The molecule has 2 aromatic carbocycles. The molecular formula is C23H20N4. The van der Waals surface area contributed by atoms with E-state index in [1.165, 1.54) is 11.1 Å². The molecule has 27 heavy (non-hydrogen) atoms. The van der Waals surface area contributed by atoms with E-state index in [0.717, 1.165) is 22.4 Å². The second-order valence-electron chi connectivity index (χ2n) is 6.76. The first-order valence-corrected chi connectivity index (χ1v) is 8.92. The number of benzene rings is 2. The first-order valence-electron chi connectivity index (χ1n) is 8.92. The summed E-state index contributed by atoms with van der Waals surface area (Å²) in [7, 11) is 0. The molecule has 132 valence electrons. The first-order chi connectivity index (χ1) is 13.1. The quantitative estimate of drug-likeness (QED) is 0.509. The van der Waals surface area contributed by atoms with E-state index >= 15 is 0 Å². The van der Waals surface area contributed by atoms with Crippen molar-refractivity contribution in [3.8, 4) is 34.3 Å². The standard InChI is InChI=1S/C23H20N4/c1-15-4-9-18(10-5-15)21-25-22(19-11-6-16(2)7-12-19)27-23(26-21)20-13-8-17(3)14-24-20/h4-14H,1-3H3.